The highest BCUT2D eigenvalue weighted by atomic mass is 32.2. The Hall–Kier alpha value is -3.09. The molecule has 1 heterocycles. The number of carboxylic acids is 1. The maximum atomic E-state index is 13.3. The molecule has 0 fully saturated rings. The smallest absolute Gasteiger partial charge is 0.325 e. The van der Waals surface area contributed by atoms with Crippen LogP contribution in [0.4, 0.5) is 0 Å². The predicted octanol–water partition coefficient (Wildman–Crippen LogP) is 0.479. The molecule has 1 aromatic carbocycles. The summed E-state index contributed by atoms with van der Waals surface area (Å²) >= 11 is 1.52. The fourth-order valence-corrected chi connectivity index (χ4v) is 4.27. The van der Waals surface area contributed by atoms with Gasteiger partial charge in [0.1, 0.15) is 18.1 Å². The second-order valence-corrected chi connectivity index (χ2v) is 9.91. The van der Waals surface area contributed by atoms with Gasteiger partial charge in [0.2, 0.25) is 17.7 Å². The molecule has 0 spiro atoms. The lowest BCUT2D eigenvalue weighted by atomic mass is 10.0. The Bertz CT molecular complexity index is 1060. The molecule has 2 aromatic rings. The molecule has 204 valence electrons. The number of aromatic amines is 1. The van der Waals surface area contributed by atoms with Gasteiger partial charge in [-0.25, -0.2) is 0 Å². The number of para-hydroxylation sites is 1. The summed E-state index contributed by atoms with van der Waals surface area (Å²) in [6, 6.07) is 3.63. The van der Waals surface area contributed by atoms with Crippen LogP contribution in [0.3, 0.4) is 0 Å². The first-order valence-electron chi connectivity index (χ1n) is 12.3. The molecule has 3 amide bonds. The fourth-order valence-electron chi connectivity index (χ4n) is 3.80. The van der Waals surface area contributed by atoms with Gasteiger partial charge < -0.3 is 37.5 Å². The Labute approximate surface area is 220 Å². The van der Waals surface area contributed by atoms with Crippen LogP contribution in [0.1, 0.15) is 38.2 Å². The third kappa shape index (κ3) is 9.38. The number of benzene rings is 1. The van der Waals surface area contributed by atoms with E-state index in [0.717, 1.165) is 22.9 Å². The van der Waals surface area contributed by atoms with Gasteiger partial charge in [0.05, 0.1) is 6.04 Å². The number of carbonyl (C=O) groups is 4. The number of unbranched alkanes of at least 4 members (excludes halogenated alkanes) is 1. The van der Waals surface area contributed by atoms with E-state index < -0.39 is 47.9 Å². The van der Waals surface area contributed by atoms with Gasteiger partial charge in [0.25, 0.3) is 0 Å². The molecule has 37 heavy (non-hydrogen) atoms. The maximum Gasteiger partial charge on any atom is 0.325 e. The number of fused-ring (bicyclic) bond motifs is 1. The van der Waals surface area contributed by atoms with Crippen LogP contribution in [0, 0.1) is 0 Å². The zero-order valence-electron chi connectivity index (χ0n) is 21.3. The van der Waals surface area contributed by atoms with E-state index in [0.29, 0.717) is 31.6 Å². The lowest BCUT2D eigenvalue weighted by Crippen LogP contribution is -2.57. The van der Waals surface area contributed by atoms with Crippen LogP contribution in [0.2, 0.25) is 0 Å². The van der Waals surface area contributed by atoms with E-state index in [1.54, 1.807) is 6.20 Å². The molecular weight excluding hydrogens is 496 g/mol. The molecule has 0 aliphatic rings. The van der Waals surface area contributed by atoms with Gasteiger partial charge in [-0.1, -0.05) is 24.6 Å². The number of hydrogen-bond donors (Lipinski definition) is 7. The van der Waals surface area contributed by atoms with Crippen LogP contribution < -0.4 is 27.4 Å². The average Bonchev–Trinajstić information content (AvgIpc) is 3.28. The highest BCUT2D eigenvalue weighted by Gasteiger charge is 2.30. The van der Waals surface area contributed by atoms with Crippen LogP contribution in [0.5, 0.6) is 0 Å². The normalized spacial score (nSPS) is 14.4. The largest absolute Gasteiger partial charge is 0.480 e. The molecule has 12 heteroatoms. The van der Waals surface area contributed by atoms with E-state index in [-0.39, 0.29) is 6.42 Å². The third-order valence-electron chi connectivity index (χ3n) is 6.01. The fraction of sp³-hybridized carbons (Fsp3) is 0.520. The Kier molecular flexibility index (Phi) is 12.4. The Morgan fingerprint density at radius 2 is 1.68 bits per heavy atom. The van der Waals surface area contributed by atoms with E-state index in [2.05, 4.69) is 20.9 Å². The Balaban J connectivity index is 2.21. The number of hydrogen-bond acceptors (Lipinski definition) is 7. The summed E-state index contributed by atoms with van der Waals surface area (Å²) in [7, 11) is 0. The molecule has 0 saturated heterocycles. The summed E-state index contributed by atoms with van der Waals surface area (Å²) in [6.45, 7) is 1.85. The number of rotatable bonds is 16. The molecule has 1 aromatic heterocycles. The standard InChI is InChI=1S/C25H38N6O5S/c1-15(25(35)36)29-24(34)21(13-16-14-28-19-9-4-3-7-17(16)19)31-23(33)20(10-12-37-2)30-22(32)18(27)8-5-6-11-26/h3-4,7,9,14-15,18,20-21,28H,5-6,8,10-13,26-27H2,1-2H3,(H,29,34)(H,30,32)(H,31,33)(H,35,36). The van der Waals surface area contributed by atoms with Crippen molar-refractivity contribution in [2.24, 2.45) is 11.5 Å². The van der Waals surface area contributed by atoms with Gasteiger partial charge >= 0.3 is 5.97 Å². The minimum atomic E-state index is -1.20. The van der Waals surface area contributed by atoms with Crippen molar-refractivity contribution < 1.29 is 24.3 Å². The van der Waals surface area contributed by atoms with E-state index in [9.17, 15) is 24.3 Å². The molecule has 4 unspecified atom stereocenters. The molecule has 11 nitrogen and oxygen atoms in total. The van der Waals surface area contributed by atoms with Crippen LogP contribution in [-0.4, -0.2) is 76.5 Å². The first-order valence-corrected chi connectivity index (χ1v) is 13.7. The average molecular weight is 535 g/mol. The second kappa shape index (κ2) is 15.2. The highest BCUT2D eigenvalue weighted by Crippen LogP contribution is 2.19. The Morgan fingerprint density at radius 3 is 2.35 bits per heavy atom. The van der Waals surface area contributed by atoms with E-state index in [1.165, 1.54) is 18.7 Å². The van der Waals surface area contributed by atoms with Crippen molar-refractivity contribution in [2.75, 3.05) is 18.6 Å². The van der Waals surface area contributed by atoms with Gasteiger partial charge in [-0.05, 0) is 56.4 Å². The summed E-state index contributed by atoms with van der Waals surface area (Å²) in [4.78, 5) is 53.4. The van der Waals surface area contributed by atoms with Gasteiger partial charge in [-0.2, -0.15) is 11.8 Å². The van der Waals surface area contributed by atoms with E-state index in [1.807, 2.05) is 30.5 Å². The van der Waals surface area contributed by atoms with Gasteiger partial charge in [0.15, 0.2) is 0 Å². The zero-order valence-corrected chi connectivity index (χ0v) is 22.1. The number of amides is 3. The molecule has 2 rings (SSSR count). The second-order valence-electron chi connectivity index (χ2n) is 8.93. The van der Waals surface area contributed by atoms with Crippen LogP contribution in [0.15, 0.2) is 30.5 Å². The van der Waals surface area contributed by atoms with Crippen molar-refractivity contribution in [3.63, 3.8) is 0 Å². The monoisotopic (exact) mass is 534 g/mol. The SMILES string of the molecule is CSCCC(NC(=O)C(N)CCCCN)C(=O)NC(Cc1c[nH]c2ccccc12)C(=O)NC(C)C(=O)O. The third-order valence-corrected chi connectivity index (χ3v) is 6.65. The number of aliphatic carboxylic acids is 1. The van der Waals surface area contributed by atoms with Gasteiger partial charge in [-0.3, -0.25) is 19.2 Å². The van der Waals surface area contributed by atoms with Crippen molar-refractivity contribution in [2.45, 2.75) is 63.2 Å². The highest BCUT2D eigenvalue weighted by molar-refractivity contribution is 7.98. The first-order chi connectivity index (χ1) is 17.7. The quantitative estimate of drug-likeness (QED) is 0.151. The van der Waals surface area contributed by atoms with Crippen molar-refractivity contribution in [1.29, 1.82) is 0 Å². The van der Waals surface area contributed by atoms with Gasteiger partial charge in [0, 0.05) is 23.5 Å². The minimum Gasteiger partial charge on any atom is -0.480 e. The maximum absolute atomic E-state index is 13.3. The van der Waals surface area contributed by atoms with Crippen LogP contribution >= 0.6 is 11.8 Å². The molecular formula is C25H38N6O5S. The molecule has 0 bridgehead atoms. The molecule has 0 radical (unpaired) electrons. The van der Waals surface area contributed by atoms with Crippen LogP contribution in [-0.2, 0) is 25.6 Å². The molecule has 0 aliphatic carbocycles. The predicted molar refractivity (Wildman–Crippen MR) is 145 cm³/mol. The zero-order chi connectivity index (χ0) is 27.4. The summed E-state index contributed by atoms with van der Waals surface area (Å²) in [5.41, 5.74) is 13.2. The molecule has 0 saturated carbocycles. The van der Waals surface area contributed by atoms with Crippen LogP contribution in [0.25, 0.3) is 10.9 Å². The lowest BCUT2D eigenvalue weighted by molar-refractivity contribution is -0.141. The van der Waals surface area contributed by atoms with Crippen molar-refractivity contribution in [3.8, 4) is 0 Å². The molecule has 4 atom stereocenters. The molecule has 9 N–H and O–H groups in total. The van der Waals surface area contributed by atoms with E-state index in [4.69, 9.17) is 11.5 Å². The Morgan fingerprint density at radius 1 is 1.00 bits per heavy atom. The summed E-state index contributed by atoms with van der Waals surface area (Å²) in [6.07, 6.45) is 5.98. The molecule has 0 aliphatic heterocycles. The van der Waals surface area contributed by atoms with Crippen molar-refractivity contribution in [3.05, 3.63) is 36.0 Å². The van der Waals surface area contributed by atoms with Gasteiger partial charge in [-0.15, -0.1) is 0 Å². The van der Waals surface area contributed by atoms with Crippen molar-refractivity contribution >= 4 is 46.4 Å². The summed E-state index contributed by atoms with van der Waals surface area (Å²) in [5, 5.41) is 18.0. The topological polar surface area (TPSA) is 192 Å². The number of carbonyl (C=O) groups excluding carboxylic acids is 3. The number of carboxylic acid groups (broad SMARTS) is 1. The lowest BCUT2D eigenvalue weighted by Gasteiger charge is -2.24. The number of thioether (sulfide) groups is 1. The van der Waals surface area contributed by atoms with Crippen molar-refractivity contribution in [1.82, 2.24) is 20.9 Å². The summed E-state index contributed by atoms with van der Waals surface area (Å²) < 4.78 is 0. The van der Waals surface area contributed by atoms with E-state index >= 15 is 0 Å². The number of nitrogens with one attached hydrogen (secondary N) is 4. The summed E-state index contributed by atoms with van der Waals surface area (Å²) in [5.74, 6) is -2.23. The number of H-pyrrole nitrogens is 1. The number of aromatic nitrogens is 1. The number of nitrogens with two attached hydrogens (primary N) is 2. The first kappa shape index (κ1) is 30.1. The minimum absolute atomic E-state index is 0.121.